The molecular weight excluding hydrogens is 426 g/mol. The number of amides is 1. The van der Waals surface area contributed by atoms with E-state index in [2.05, 4.69) is 6.92 Å². The lowest BCUT2D eigenvalue weighted by atomic mass is 9.81. The fourth-order valence-corrected chi connectivity index (χ4v) is 5.94. The van der Waals surface area contributed by atoms with Crippen molar-refractivity contribution in [3.05, 3.63) is 36.4 Å². The maximum Gasteiger partial charge on any atom is 0.512 e. The molecule has 1 amide bonds. The van der Waals surface area contributed by atoms with E-state index in [-0.39, 0.29) is 29.0 Å². The van der Waals surface area contributed by atoms with Crippen LogP contribution >= 0.6 is 11.3 Å². The van der Waals surface area contributed by atoms with Crippen LogP contribution in [0.2, 0.25) is 0 Å². The summed E-state index contributed by atoms with van der Waals surface area (Å²) in [6.07, 6.45) is 4.73. The van der Waals surface area contributed by atoms with Gasteiger partial charge >= 0.3 is 6.16 Å². The number of nitrogens with zero attached hydrogens (tertiary/aromatic N) is 1. The molecule has 0 atom stereocenters. The number of carboxylic acid groups (broad SMARTS) is 1. The highest BCUT2D eigenvalue weighted by atomic mass is 32.1. The van der Waals surface area contributed by atoms with Crippen molar-refractivity contribution in [2.24, 2.45) is 11.8 Å². The van der Waals surface area contributed by atoms with Crippen LogP contribution in [0.4, 0.5) is 10.5 Å². The van der Waals surface area contributed by atoms with E-state index in [1.807, 2.05) is 41.3 Å². The van der Waals surface area contributed by atoms with Crippen molar-refractivity contribution >= 4 is 29.1 Å². The Bertz CT molecular complexity index is 927. The normalized spacial score (nSPS) is 25.8. The molecule has 0 bridgehead atoms. The van der Waals surface area contributed by atoms with Crippen molar-refractivity contribution in [1.29, 1.82) is 0 Å². The molecule has 2 saturated carbocycles. The predicted molar refractivity (Wildman–Crippen MR) is 125 cm³/mol. The average molecular weight is 458 g/mol. The van der Waals surface area contributed by atoms with Crippen LogP contribution in [0.3, 0.4) is 0 Å². The van der Waals surface area contributed by atoms with Crippen LogP contribution < -0.4 is 9.64 Å². The lowest BCUT2D eigenvalue weighted by Gasteiger charge is -2.38. The van der Waals surface area contributed by atoms with Gasteiger partial charge in [-0.25, -0.2) is 4.79 Å². The first-order valence-electron chi connectivity index (χ1n) is 11.5. The molecule has 1 aromatic carbocycles. The zero-order valence-corrected chi connectivity index (χ0v) is 19.2. The monoisotopic (exact) mass is 457 g/mol. The third-order valence-electron chi connectivity index (χ3n) is 6.81. The zero-order chi connectivity index (χ0) is 22.7. The predicted octanol–water partition coefficient (Wildman–Crippen LogP) is 5.93. The Hall–Kier alpha value is -2.38. The Morgan fingerprint density at radius 2 is 1.66 bits per heavy atom. The summed E-state index contributed by atoms with van der Waals surface area (Å²) in [5.41, 5.74) is 1.50. The fraction of sp³-hybridized carbons (Fsp3) is 0.520. The molecule has 7 heteroatoms. The second-order valence-electron chi connectivity index (χ2n) is 9.14. The molecule has 2 aliphatic rings. The SMILES string of the molecule is CC1CCC(C(=O)N(c2cc(-c3ccccc3)sc2OC(=O)O)C2CCC(O)CC2)CC1. The van der Waals surface area contributed by atoms with Gasteiger partial charge in [-0.3, -0.25) is 4.79 Å². The summed E-state index contributed by atoms with van der Waals surface area (Å²) in [5.74, 6) is 0.635. The second-order valence-corrected chi connectivity index (χ2v) is 10.2. The Balaban J connectivity index is 1.72. The van der Waals surface area contributed by atoms with Crippen LogP contribution in [-0.2, 0) is 4.79 Å². The summed E-state index contributed by atoms with van der Waals surface area (Å²) in [7, 11) is 0. The van der Waals surface area contributed by atoms with Gasteiger partial charge in [0.25, 0.3) is 0 Å². The van der Waals surface area contributed by atoms with Crippen LogP contribution in [0.5, 0.6) is 5.06 Å². The van der Waals surface area contributed by atoms with E-state index in [9.17, 15) is 19.8 Å². The first-order chi connectivity index (χ1) is 15.4. The number of hydrogen-bond acceptors (Lipinski definition) is 5. The van der Waals surface area contributed by atoms with Gasteiger partial charge in [0.1, 0.15) is 0 Å². The van der Waals surface area contributed by atoms with Gasteiger partial charge in [-0.1, -0.05) is 48.6 Å². The van der Waals surface area contributed by atoms with Crippen molar-refractivity contribution in [3.63, 3.8) is 0 Å². The largest absolute Gasteiger partial charge is 0.512 e. The molecule has 6 nitrogen and oxygen atoms in total. The molecule has 0 unspecified atom stereocenters. The maximum atomic E-state index is 13.8. The van der Waals surface area contributed by atoms with Crippen molar-refractivity contribution in [1.82, 2.24) is 0 Å². The number of anilines is 1. The average Bonchev–Trinajstić information content (AvgIpc) is 3.19. The molecule has 2 N–H and O–H groups in total. The van der Waals surface area contributed by atoms with Gasteiger partial charge in [0, 0.05) is 16.8 Å². The van der Waals surface area contributed by atoms with Gasteiger partial charge in [-0.2, -0.15) is 0 Å². The maximum absolute atomic E-state index is 13.8. The molecule has 1 aromatic heterocycles. The summed E-state index contributed by atoms with van der Waals surface area (Å²) < 4.78 is 5.19. The molecule has 172 valence electrons. The highest BCUT2D eigenvalue weighted by Crippen LogP contribution is 2.46. The molecule has 0 saturated heterocycles. The molecule has 2 aromatic rings. The highest BCUT2D eigenvalue weighted by Gasteiger charge is 2.37. The molecule has 0 spiro atoms. The summed E-state index contributed by atoms with van der Waals surface area (Å²) in [6, 6.07) is 11.5. The number of carbonyl (C=O) groups is 2. The minimum Gasteiger partial charge on any atom is -0.449 e. The van der Waals surface area contributed by atoms with E-state index >= 15 is 0 Å². The van der Waals surface area contributed by atoms with Gasteiger partial charge in [-0.05, 0) is 68.9 Å². The van der Waals surface area contributed by atoms with Gasteiger partial charge in [-0.15, -0.1) is 0 Å². The standard InChI is InChI=1S/C25H31NO5S/c1-16-7-9-18(10-8-16)23(28)26(19-11-13-20(27)14-12-19)21-15-22(17-5-3-2-4-6-17)32-24(21)31-25(29)30/h2-6,15-16,18-20,27H,7-14H2,1H3,(H,29,30). The minimum atomic E-state index is -1.38. The topological polar surface area (TPSA) is 87.1 Å². The molecule has 1 heterocycles. The number of aliphatic hydroxyl groups is 1. The number of aliphatic hydroxyl groups excluding tert-OH is 1. The number of ether oxygens (including phenoxy) is 1. The Kier molecular flexibility index (Phi) is 7.16. The van der Waals surface area contributed by atoms with Crippen molar-refractivity contribution in [2.45, 2.75) is 70.4 Å². The van der Waals surface area contributed by atoms with E-state index < -0.39 is 6.16 Å². The summed E-state index contributed by atoms with van der Waals surface area (Å²) in [4.78, 5) is 28.0. The van der Waals surface area contributed by atoms with Crippen molar-refractivity contribution < 1.29 is 24.5 Å². The smallest absolute Gasteiger partial charge is 0.449 e. The molecular formula is C25H31NO5S. The molecule has 32 heavy (non-hydrogen) atoms. The van der Waals surface area contributed by atoms with Gasteiger partial charge < -0.3 is 19.8 Å². The molecule has 2 aliphatic carbocycles. The fourth-order valence-electron chi connectivity index (χ4n) is 4.95. The number of carbonyl (C=O) groups excluding carboxylic acids is 1. The van der Waals surface area contributed by atoms with E-state index in [1.54, 1.807) is 0 Å². The first kappa shape index (κ1) is 22.8. The number of rotatable bonds is 5. The minimum absolute atomic E-state index is 0.0594. The molecule has 2 fully saturated rings. The quantitative estimate of drug-likeness (QED) is 0.543. The second kappa shape index (κ2) is 10.0. The third-order valence-corrected chi connectivity index (χ3v) is 7.86. The zero-order valence-electron chi connectivity index (χ0n) is 18.4. The molecule has 0 radical (unpaired) electrons. The van der Waals surface area contributed by atoms with Gasteiger partial charge in [0.15, 0.2) is 0 Å². The van der Waals surface area contributed by atoms with E-state index in [0.29, 0.717) is 37.3 Å². The Morgan fingerprint density at radius 3 is 2.28 bits per heavy atom. The third kappa shape index (κ3) is 5.15. The lowest BCUT2D eigenvalue weighted by molar-refractivity contribution is -0.124. The van der Waals surface area contributed by atoms with E-state index in [0.717, 1.165) is 36.1 Å². The lowest BCUT2D eigenvalue weighted by Crippen LogP contribution is -2.46. The van der Waals surface area contributed by atoms with Crippen LogP contribution in [-0.4, -0.2) is 34.4 Å². The first-order valence-corrected chi connectivity index (χ1v) is 12.3. The van der Waals surface area contributed by atoms with Crippen LogP contribution in [0.25, 0.3) is 10.4 Å². The van der Waals surface area contributed by atoms with Gasteiger partial charge in [0.2, 0.25) is 11.0 Å². The molecule has 4 rings (SSSR count). The summed E-state index contributed by atoms with van der Waals surface area (Å²) in [5, 5.41) is 19.6. The highest BCUT2D eigenvalue weighted by molar-refractivity contribution is 7.18. The van der Waals surface area contributed by atoms with Crippen molar-refractivity contribution in [3.8, 4) is 15.5 Å². The number of hydrogen-bond donors (Lipinski definition) is 2. The van der Waals surface area contributed by atoms with Gasteiger partial charge in [0.05, 0.1) is 11.8 Å². The Labute approximate surface area is 192 Å². The molecule has 0 aliphatic heterocycles. The Morgan fingerprint density at radius 1 is 1.00 bits per heavy atom. The van der Waals surface area contributed by atoms with Crippen molar-refractivity contribution in [2.75, 3.05) is 4.90 Å². The number of benzene rings is 1. The number of thiophene rings is 1. The summed E-state index contributed by atoms with van der Waals surface area (Å²) >= 11 is 1.25. The van der Waals surface area contributed by atoms with E-state index in [4.69, 9.17) is 4.74 Å². The summed E-state index contributed by atoms with van der Waals surface area (Å²) in [6.45, 7) is 2.23. The van der Waals surface area contributed by atoms with E-state index in [1.165, 1.54) is 11.3 Å². The van der Waals surface area contributed by atoms with Crippen LogP contribution in [0.1, 0.15) is 58.3 Å². The van der Waals surface area contributed by atoms with Crippen LogP contribution in [0, 0.1) is 11.8 Å². The van der Waals surface area contributed by atoms with Crippen LogP contribution in [0.15, 0.2) is 36.4 Å².